The third-order valence-corrected chi connectivity index (χ3v) is 5.70. The second-order valence-electron chi connectivity index (χ2n) is 6.38. The number of carbonyl (C=O) groups excluding carboxylic acids is 1. The number of rotatable bonds is 3. The number of para-hydroxylation sites is 1. The fourth-order valence-corrected chi connectivity index (χ4v) is 4.44. The van der Waals surface area contributed by atoms with E-state index in [1.807, 2.05) is 24.3 Å². The quantitative estimate of drug-likeness (QED) is 0.883. The average molecular weight is 329 g/mol. The molecule has 3 nitrogen and oxygen atoms in total. The fourth-order valence-electron chi connectivity index (χ4n) is 3.22. The summed E-state index contributed by atoms with van der Waals surface area (Å²) in [6, 6.07) is 7.98. The predicted octanol–water partition coefficient (Wildman–Crippen LogP) is 4.74. The molecule has 0 radical (unpaired) electrons. The van der Waals surface area contributed by atoms with E-state index in [0.717, 1.165) is 22.6 Å². The monoisotopic (exact) mass is 329 g/mol. The minimum Gasteiger partial charge on any atom is -0.493 e. The highest BCUT2D eigenvalue weighted by Gasteiger charge is 2.26. The van der Waals surface area contributed by atoms with Gasteiger partial charge in [0.15, 0.2) is 0 Å². The van der Waals surface area contributed by atoms with Crippen molar-refractivity contribution in [2.45, 2.75) is 46.1 Å². The highest BCUT2D eigenvalue weighted by molar-refractivity contribution is 7.14. The van der Waals surface area contributed by atoms with Gasteiger partial charge in [0.2, 0.25) is 0 Å². The lowest BCUT2D eigenvalue weighted by Gasteiger charge is -2.26. The molecule has 0 saturated carbocycles. The molecule has 1 amide bonds. The highest BCUT2D eigenvalue weighted by Crippen LogP contribution is 2.35. The topological polar surface area (TPSA) is 38.3 Å². The molecule has 23 heavy (non-hydrogen) atoms. The molecule has 0 aliphatic carbocycles. The van der Waals surface area contributed by atoms with Crippen molar-refractivity contribution in [3.05, 3.63) is 50.7 Å². The van der Waals surface area contributed by atoms with Crippen molar-refractivity contribution in [2.24, 2.45) is 0 Å². The van der Waals surface area contributed by atoms with E-state index in [4.69, 9.17) is 4.74 Å². The Morgan fingerprint density at radius 2 is 2.04 bits per heavy atom. The van der Waals surface area contributed by atoms with Crippen molar-refractivity contribution in [3.8, 4) is 5.75 Å². The lowest BCUT2D eigenvalue weighted by Crippen LogP contribution is -2.32. The molecule has 4 heteroatoms. The van der Waals surface area contributed by atoms with Gasteiger partial charge < -0.3 is 10.1 Å². The van der Waals surface area contributed by atoms with Crippen LogP contribution in [-0.4, -0.2) is 12.5 Å². The summed E-state index contributed by atoms with van der Waals surface area (Å²) in [7, 11) is 0. The first-order valence-corrected chi connectivity index (χ1v) is 8.93. The summed E-state index contributed by atoms with van der Waals surface area (Å²) in [5.74, 6) is 1.27. The van der Waals surface area contributed by atoms with Crippen molar-refractivity contribution < 1.29 is 9.53 Å². The van der Waals surface area contributed by atoms with Gasteiger partial charge in [0.25, 0.3) is 5.91 Å². The number of aryl methyl sites for hydroxylation is 1. The van der Waals surface area contributed by atoms with Crippen LogP contribution < -0.4 is 10.1 Å². The van der Waals surface area contributed by atoms with Gasteiger partial charge in [-0.05, 0) is 37.0 Å². The van der Waals surface area contributed by atoms with Crippen LogP contribution in [0.5, 0.6) is 5.75 Å². The van der Waals surface area contributed by atoms with Crippen LogP contribution in [0, 0.1) is 13.8 Å². The maximum Gasteiger partial charge on any atom is 0.262 e. The molecule has 1 aromatic carbocycles. The normalized spacial score (nSPS) is 16.8. The van der Waals surface area contributed by atoms with E-state index in [0.29, 0.717) is 12.5 Å². The van der Waals surface area contributed by atoms with Crippen LogP contribution in [0.1, 0.15) is 63.5 Å². The van der Waals surface area contributed by atoms with Gasteiger partial charge >= 0.3 is 0 Å². The number of amides is 1. The molecule has 1 aliphatic rings. The van der Waals surface area contributed by atoms with E-state index < -0.39 is 0 Å². The maximum absolute atomic E-state index is 12.9. The Kier molecular flexibility index (Phi) is 4.44. The summed E-state index contributed by atoms with van der Waals surface area (Å²) in [5.41, 5.74) is 3.51. The Morgan fingerprint density at radius 3 is 2.78 bits per heavy atom. The number of hydrogen-bond donors (Lipinski definition) is 1. The molecular formula is C19H23NO2S. The third-order valence-electron chi connectivity index (χ3n) is 4.48. The predicted molar refractivity (Wildman–Crippen MR) is 94.6 cm³/mol. The molecule has 0 spiro atoms. The molecule has 1 N–H and O–H groups in total. The summed E-state index contributed by atoms with van der Waals surface area (Å²) < 4.78 is 5.68. The van der Waals surface area contributed by atoms with Crippen molar-refractivity contribution in [1.82, 2.24) is 5.32 Å². The van der Waals surface area contributed by atoms with Crippen molar-refractivity contribution in [3.63, 3.8) is 0 Å². The van der Waals surface area contributed by atoms with Crippen molar-refractivity contribution >= 4 is 17.2 Å². The molecule has 1 atom stereocenters. The SMILES string of the molecule is Cc1sc(C(=O)NC2CCOc3ccccc32)c(C(C)C)c1C. The summed E-state index contributed by atoms with van der Waals surface area (Å²) in [6.45, 7) is 9.14. The van der Waals surface area contributed by atoms with Gasteiger partial charge in [0, 0.05) is 16.9 Å². The zero-order valence-electron chi connectivity index (χ0n) is 14.1. The number of thiophene rings is 1. The molecule has 0 saturated heterocycles. The number of ether oxygens (including phenoxy) is 1. The van der Waals surface area contributed by atoms with Crippen LogP contribution >= 0.6 is 11.3 Å². The first kappa shape index (κ1) is 16.1. The molecule has 2 heterocycles. The van der Waals surface area contributed by atoms with Crippen LogP contribution in [0.15, 0.2) is 24.3 Å². The summed E-state index contributed by atoms with van der Waals surface area (Å²) in [5, 5.41) is 3.22. The molecular weight excluding hydrogens is 306 g/mol. The van der Waals surface area contributed by atoms with Crippen LogP contribution in [-0.2, 0) is 0 Å². The first-order chi connectivity index (χ1) is 11.0. The smallest absolute Gasteiger partial charge is 0.262 e. The number of fused-ring (bicyclic) bond motifs is 1. The molecule has 1 aliphatic heterocycles. The zero-order valence-corrected chi connectivity index (χ0v) is 14.9. The lowest BCUT2D eigenvalue weighted by molar-refractivity contribution is 0.0927. The van der Waals surface area contributed by atoms with Gasteiger partial charge in [-0.1, -0.05) is 32.0 Å². The highest BCUT2D eigenvalue weighted by atomic mass is 32.1. The van der Waals surface area contributed by atoms with Crippen molar-refractivity contribution in [1.29, 1.82) is 0 Å². The van der Waals surface area contributed by atoms with Crippen LogP contribution in [0.3, 0.4) is 0 Å². The Bertz CT molecular complexity index is 733. The standard InChI is InChI=1S/C19H23NO2S/c1-11(2)17-12(3)13(4)23-18(17)19(21)20-15-9-10-22-16-8-6-5-7-14(15)16/h5-8,11,15H,9-10H2,1-4H3,(H,20,21). The van der Waals surface area contributed by atoms with E-state index in [1.165, 1.54) is 16.0 Å². The number of benzene rings is 1. The van der Waals surface area contributed by atoms with E-state index in [1.54, 1.807) is 11.3 Å². The molecule has 122 valence electrons. The van der Waals surface area contributed by atoms with Gasteiger partial charge in [0.1, 0.15) is 5.75 Å². The second kappa shape index (κ2) is 6.36. The van der Waals surface area contributed by atoms with Crippen LogP contribution in [0.4, 0.5) is 0 Å². The molecule has 2 aromatic rings. The number of hydrogen-bond acceptors (Lipinski definition) is 3. The third kappa shape index (κ3) is 3.00. The van der Waals surface area contributed by atoms with Gasteiger partial charge in [0.05, 0.1) is 17.5 Å². The Labute approximate surface area is 141 Å². The largest absolute Gasteiger partial charge is 0.493 e. The lowest BCUT2D eigenvalue weighted by atomic mass is 9.97. The summed E-state index contributed by atoms with van der Waals surface area (Å²) in [6.07, 6.45) is 0.809. The zero-order chi connectivity index (χ0) is 16.6. The number of nitrogens with one attached hydrogen (secondary N) is 1. The fraction of sp³-hybridized carbons (Fsp3) is 0.421. The molecule has 0 fully saturated rings. The van der Waals surface area contributed by atoms with Gasteiger partial charge in [-0.3, -0.25) is 4.79 Å². The van der Waals surface area contributed by atoms with Crippen LogP contribution in [0.2, 0.25) is 0 Å². The Balaban J connectivity index is 1.88. The summed E-state index contributed by atoms with van der Waals surface area (Å²) >= 11 is 1.60. The minimum absolute atomic E-state index is 0.0233. The Morgan fingerprint density at radius 1 is 1.30 bits per heavy atom. The van der Waals surface area contributed by atoms with Crippen molar-refractivity contribution in [2.75, 3.05) is 6.61 Å². The Hall–Kier alpha value is -1.81. The number of carbonyl (C=O) groups is 1. The van der Waals surface area contributed by atoms with Crippen LogP contribution in [0.25, 0.3) is 0 Å². The van der Waals surface area contributed by atoms with Gasteiger partial charge in [-0.25, -0.2) is 0 Å². The molecule has 3 rings (SSSR count). The molecule has 1 unspecified atom stereocenters. The van der Waals surface area contributed by atoms with E-state index >= 15 is 0 Å². The maximum atomic E-state index is 12.9. The summed E-state index contributed by atoms with van der Waals surface area (Å²) in [4.78, 5) is 15.0. The van der Waals surface area contributed by atoms with Gasteiger partial charge in [-0.15, -0.1) is 11.3 Å². The van der Waals surface area contributed by atoms with E-state index in [9.17, 15) is 4.79 Å². The average Bonchev–Trinajstić information content (AvgIpc) is 2.83. The first-order valence-electron chi connectivity index (χ1n) is 8.11. The second-order valence-corrected chi connectivity index (χ2v) is 7.61. The van der Waals surface area contributed by atoms with E-state index in [-0.39, 0.29) is 11.9 Å². The molecule has 0 bridgehead atoms. The van der Waals surface area contributed by atoms with Gasteiger partial charge in [-0.2, -0.15) is 0 Å². The molecule has 1 aromatic heterocycles. The minimum atomic E-state index is 0.0233. The van der Waals surface area contributed by atoms with E-state index in [2.05, 4.69) is 33.0 Å².